The van der Waals surface area contributed by atoms with E-state index in [0.29, 0.717) is 18.9 Å². The Morgan fingerprint density at radius 3 is 2.96 bits per heavy atom. The number of nitrogens with one attached hydrogen (secondary N) is 1. The number of amides is 1. The summed E-state index contributed by atoms with van der Waals surface area (Å²) >= 11 is 0. The van der Waals surface area contributed by atoms with Crippen molar-refractivity contribution in [1.29, 1.82) is 0 Å². The van der Waals surface area contributed by atoms with Crippen LogP contribution in [0.5, 0.6) is 0 Å². The van der Waals surface area contributed by atoms with Crippen LogP contribution in [0, 0.1) is 5.92 Å². The second-order valence-electron chi connectivity index (χ2n) is 5.74. The summed E-state index contributed by atoms with van der Waals surface area (Å²) in [6, 6.07) is 1.97. The van der Waals surface area contributed by atoms with Crippen LogP contribution in [-0.4, -0.2) is 46.2 Å². The molecule has 0 spiro atoms. The van der Waals surface area contributed by atoms with Gasteiger partial charge in [-0.1, -0.05) is 0 Å². The molecule has 8 heteroatoms. The summed E-state index contributed by atoms with van der Waals surface area (Å²) in [6.45, 7) is 5.27. The van der Waals surface area contributed by atoms with Gasteiger partial charge < -0.3 is 16.0 Å². The minimum atomic E-state index is -0.219. The molecule has 1 unspecified atom stereocenters. The number of likely N-dealkylation sites (tertiary alicyclic amines) is 1. The van der Waals surface area contributed by atoms with E-state index in [0.717, 1.165) is 44.1 Å². The Kier molecular flexibility index (Phi) is 8.35. The van der Waals surface area contributed by atoms with Crippen LogP contribution in [0.25, 0.3) is 0 Å². The van der Waals surface area contributed by atoms with Gasteiger partial charge in [0, 0.05) is 39.3 Å². The Morgan fingerprint density at radius 2 is 2.35 bits per heavy atom. The number of nitrogens with two attached hydrogens (primary N) is 1. The molecule has 2 rings (SSSR count). The van der Waals surface area contributed by atoms with E-state index in [4.69, 9.17) is 10.7 Å². The number of halogens is 1. The van der Waals surface area contributed by atoms with Crippen molar-refractivity contribution in [2.75, 3.05) is 19.6 Å². The van der Waals surface area contributed by atoms with Crippen LogP contribution in [0.3, 0.4) is 0 Å². The highest BCUT2D eigenvalue weighted by atomic mass is 127. The second kappa shape index (κ2) is 9.74. The average molecular weight is 434 g/mol. The van der Waals surface area contributed by atoms with Crippen molar-refractivity contribution in [2.24, 2.45) is 23.7 Å². The number of hydrogen-bond acceptors (Lipinski definition) is 3. The van der Waals surface area contributed by atoms with E-state index < -0.39 is 0 Å². The van der Waals surface area contributed by atoms with Crippen LogP contribution >= 0.6 is 24.0 Å². The van der Waals surface area contributed by atoms with Gasteiger partial charge in [0.25, 0.3) is 0 Å². The van der Waals surface area contributed by atoms with Crippen LogP contribution in [0.4, 0.5) is 0 Å². The Bertz CT molecular complexity index is 530. The summed E-state index contributed by atoms with van der Waals surface area (Å²) in [7, 11) is 1.92. The third kappa shape index (κ3) is 6.00. The van der Waals surface area contributed by atoms with Gasteiger partial charge in [-0.2, -0.15) is 5.10 Å². The minimum absolute atomic E-state index is 0. The van der Waals surface area contributed by atoms with Crippen molar-refractivity contribution in [3.8, 4) is 0 Å². The summed E-state index contributed by atoms with van der Waals surface area (Å²) < 4.78 is 1.83. The molecular weight excluding hydrogens is 407 g/mol. The normalized spacial score (nSPS) is 18.4. The van der Waals surface area contributed by atoms with Crippen LogP contribution in [0.2, 0.25) is 0 Å². The minimum Gasteiger partial charge on any atom is -0.370 e. The summed E-state index contributed by atoms with van der Waals surface area (Å²) in [6.07, 6.45) is 4.36. The van der Waals surface area contributed by atoms with Gasteiger partial charge >= 0.3 is 0 Å². The van der Waals surface area contributed by atoms with Gasteiger partial charge in [0.15, 0.2) is 5.96 Å². The molecule has 1 aliphatic heterocycles. The zero-order chi connectivity index (χ0) is 15.9. The van der Waals surface area contributed by atoms with Crippen molar-refractivity contribution in [3.05, 3.63) is 18.0 Å². The molecule has 0 bridgehead atoms. The lowest BCUT2D eigenvalue weighted by Crippen LogP contribution is -2.47. The van der Waals surface area contributed by atoms with Gasteiger partial charge in [0.1, 0.15) is 0 Å². The summed E-state index contributed by atoms with van der Waals surface area (Å²) in [5.41, 5.74) is 6.40. The monoisotopic (exact) mass is 434 g/mol. The molecule has 1 aromatic heterocycles. The van der Waals surface area contributed by atoms with Crippen LogP contribution in [0.1, 0.15) is 31.9 Å². The lowest BCUT2D eigenvalue weighted by molar-refractivity contribution is -0.119. The first kappa shape index (κ1) is 19.7. The fourth-order valence-corrected chi connectivity index (χ4v) is 2.85. The highest BCUT2D eigenvalue weighted by Crippen LogP contribution is 2.19. The third-order valence-electron chi connectivity index (χ3n) is 3.96. The van der Waals surface area contributed by atoms with Crippen molar-refractivity contribution < 1.29 is 4.79 Å². The van der Waals surface area contributed by atoms with E-state index in [1.165, 1.54) is 0 Å². The molecule has 0 saturated carbocycles. The molecule has 0 aromatic carbocycles. The van der Waals surface area contributed by atoms with E-state index in [1.54, 1.807) is 6.20 Å². The Morgan fingerprint density at radius 1 is 1.57 bits per heavy atom. The highest BCUT2D eigenvalue weighted by molar-refractivity contribution is 14.0. The largest absolute Gasteiger partial charge is 0.370 e. The predicted octanol–water partition coefficient (Wildman–Crippen LogP) is 1.09. The zero-order valence-corrected chi connectivity index (χ0v) is 16.2. The summed E-state index contributed by atoms with van der Waals surface area (Å²) in [5.74, 6) is 1.01. The number of nitrogens with zero attached hydrogens (tertiary/aromatic N) is 4. The standard InChI is InChI=1S/C15H26N6O.HI/c1-3-17-15(18-10-13-6-7-19-20(13)2)21-8-4-5-12(11-21)9-14(16)22;/h6-7,12H,3-5,8-11H2,1-2H3,(H2,16,22)(H,17,18);1H. The van der Waals surface area contributed by atoms with Gasteiger partial charge in [-0.25, -0.2) is 4.99 Å². The number of aromatic nitrogens is 2. The molecule has 23 heavy (non-hydrogen) atoms. The summed E-state index contributed by atoms with van der Waals surface area (Å²) in [4.78, 5) is 18.1. The fourth-order valence-electron chi connectivity index (χ4n) is 2.85. The summed E-state index contributed by atoms with van der Waals surface area (Å²) in [5, 5.41) is 7.50. The molecule has 0 radical (unpaired) electrons. The Hall–Kier alpha value is -1.32. The van der Waals surface area contributed by atoms with Crippen molar-refractivity contribution in [3.63, 3.8) is 0 Å². The number of primary amides is 1. The maximum absolute atomic E-state index is 11.1. The Labute approximate surface area is 154 Å². The molecular formula is C15H27IN6O. The van der Waals surface area contributed by atoms with Crippen LogP contribution < -0.4 is 11.1 Å². The maximum atomic E-state index is 11.1. The molecule has 3 N–H and O–H groups in total. The van der Waals surface area contributed by atoms with Crippen LogP contribution in [-0.2, 0) is 18.4 Å². The molecule has 1 amide bonds. The molecule has 1 fully saturated rings. The zero-order valence-electron chi connectivity index (χ0n) is 13.9. The number of hydrogen-bond donors (Lipinski definition) is 2. The number of aliphatic imine (C=N–C) groups is 1. The maximum Gasteiger partial charge on any atom is 0.217 e. The molecule has 1 aromatic rings. The first-order valence-electron chi connectivity index (χ1n) is 7.88. The Balaban J connectivity index is 0.00000264. The lowest BCUT2D eigenvalue weighted by atomic mass is 9.95. The van der Waals surface area contributed by atoms with Crippen molar-refractivity contribution in [1.82, 2.24) is 20.0 Å². The van der Waals surface area contributed by atoms with Gasteiger partial charge in [0.05, 0.1) is 12.2 Å². The van der Waals surface area contributed by atoms with Crippen LogP contribution in [0.15, 0.2) is 17.3 Å². The molecule has 7 nitrogen and oxygen atoms in total. The van der Waals surface area contributed by atoms with Gasteiger partial charge in [-0.15, -0.1) is 24.0 Å². The fraction of sp³-hybridized carbons (Fsp3) is 0.667. The quantitative estimate of drug-likeness (QED) is 0.413. The average Bonchev–Trinajstić information content (AvgIpc) is 2.88. The molecule has 1 saturated heterocycles. The first-order valence-corrected chi connectivity index (χ1v) is 7.88. The van der Waals surface area contributed by atoms with E-state index in [-0.39, 0.29) is 29.9 Å². The van der Waals surface area contributed by atoms with Gasteiger partial charge in [-0.3, -0.25) is 9.48 Å². The van der Waals surface area contributed by atoms with E-state index in [9.17, 15) is 4.79 Å². The van der Waals surface area contributed by atoms with Gasteiger partial charge in [-0.05, 0) is 31.7 Å². The third-order valence-corrected chi connectivity index (χ3v) is 3.96. The topological polar surface area (TPSA) is 88.5 Å². The number of guanidine groups is 1. The number of aryl methyl sites for hydroxylation is 1. The second-order valence-corrected chi connectivity index (χ2v) is 5.74. The first-order chi connectivity index (χ1) is 10.6. The molecule has 2 heterocycles. The van der Waals surface area contributed by atoms with Crippen molar-refractivity contribution in [2.45, 2.75) is 32.7 Å². The SMILES string of the molecule is CCNC(=NCc1ccnn1C)N1CCCC(CC(N)=O)C1.I. The van der Waals surface area contributed by atoms with E-state index in [2.05, 4.69) is 22.2 Å². The molecule has 1 aliphatic rings. The molecule has 0 aliphatic carbocycles. The lowest BCUT2D eigenvalue weighted by Gasteiger charge is -2.34. The number of rotatable bonds is 5. The van der Waals surface area contributed by atoms with E-state index in [1.807, 2.05) is 17.8 Å². The van der Waals surface area contributed by atoms with Gasteiger partial charge in [0.2, 0.25) is 5.91 Å². The number of carbonyl (C=O) groups excluding carboxylic acids is 1. The van der Waals surface area contributed by atoms with Crippen molar-refractivity contribution >= 4 is 35.8 Å². The highest BCUT2D eigenvalue weighted by Gasteiger charge is 2.23. The smallest absolute Gasteiger partial charge is 0.217 e. The molecule has 130 valence electrons. The predicted molar refractivity (Wildman–Crippen MR) is 102 cm³/mol. The number of piperidine rings is 1. The number of carbonyl (C=O) groups is 1. The van der Waals surface area contributed by atoms with E-state index >= 15 is 0 Å². The molecule has 1 atom stereocenters.